The zero-order valence-corrected chi connectivity index (χ0v) is 14.1. The Morgan fingerprint density at radius 1 is 1.23 bits per heavy atom. The highest BCUT2D eigenvalue weighted by atomic mass is 32.1. The molecule has 0 aromatic carbocycles. The zero-order chi connectivity index (χ0) is 15.7. The number of nitrogens with one attached hydrogen (secondary N) is 1. The van der Waals surface area contributed by atoms with Gasteiger partial charge in [-0.1, -0.05) is 11.3 Å². The second-order valence-corrected chi connectivity index (χ2v) is 6.94. The minimum Gasteiger partial charge on any atom is -0.300 e. The molecule has 0 saturated carbocycles. The van der Waals surface area contributed by atoms with Crippen LogP contribution in [-0.2, 0) is 11.2 Å². The van der Waals surface area contributed by atoms with Crippen molar-refractivity contribution in [3.8, 4) is 5.13 Å². The summed E-state index contributed by atoms with van der Waals surface area (Å²) in [6.45, 7) is 5.93. The van der Waals surface area contributed by atoms with E-state index in [0.29, 0.717) is 5.13 Å². The quantitative estimate of drug-likeness (QED) is 0.797. The predicted molar refractivity (Wildman–Crippen MR) is 87.9 cm³/mol. The SMILES string of the molecule is Cc1nnc(NC(=O)Cc2csc(-n3c(C)ccc3C)n2)s1. The van der Waals surface area contributed by atoms with Crippen molar-refractivity contribution in [2.24, 2.45) is 0 Å². The van der Waals surface area contributed by atoms with Gasteiger partial charge in [0.25, 0.3) is 0 Å². The maximum atomic E-state index is 12.0. The van der Waals surface area contributed by atoms with Crippen LogP contribution < -0.4 is 5.32 Å². The fourth-order valence-corrected chi connectivity index (χ4v) is 3.67. The summed E-state index contributed by atoms with van der Waals surface area (Å²) >= 11 is 2.89. The molecule has 0 atom stereocenters. The van der Waals surface area contributed by atoms with Crippen LogP contribution in [0.3, 0.4) is 0 Å². The van der Waals surface area contributed by atoms with Gasteiger partial charge in [0, 0.05) is 16.8 Å². The Labute approximate surface area is 135 Å². The van der Waals surface area contributed by atoms with Crippen molar-refractivity contribution in [1.82, 2.24) is 19.7 Å². The number of anilines is 1. The summed E-state index contributed by atoms with van der Waals surface area (Å²) < 4.78 is 2.08. The Morgan fingerprint density at radius 2 is 1.95 bits per heavy atom. The Morgan fingerprint density at radius 3 is 2.59 bits per heavy atom. The van der Waals surface area contributed by atoms with Crippen molar-refractivity contribution in [2.45, 2.75) is 27.2 Å². The standard InChI is InChI=1S/C14H15N5OS2/c1-8-4-5-9(2)19(8)14-15-11(7-21-14)6-12(20)16-13-18-17-10(3)22-13/h4-5,7H,6H2,1-3H3,(H,16,18,20). The molecular formula is C14H15N5OS2. The van der Waals surface area contributed by atoms with Gasteiger partial charge in [-0.2, -0.15) is 0 Å². The average molecular weight is 333 g/mol. The van der Waals surface area contributed by atoms with Crippen molar-refractivity contribution < 1.29 is 4.79 Å². The smallest absolute Gasteiger partial charge is 0.232 e. The number of aryl methyl sites for hydroxylation is 3. The Bertz CT molecular complexity index is 797. The summed E-state index contributed by atoms with van der Waals surface area (Å²) in [6, 6.07) is 4.11. The minimum atomic E-state index is -0.131. The van der Waals surface area contributed by atoms with Gasteiger partial charge in [-0.15, -0.1) is 21.5 Å². The lowest BCUT2D eigenvalue weighted by atomic mass is 10.3. The third kappa shape index (κ3) is 3.07. The molecule has 3 aromatic rings. The van der Waals surface area contributed by atoms with Crippen molar-refractivity contribution in [3.05, 3.63) is 39.6 Å². The van der Waals surface area contributed by atoms with Gasteiger partial charge in [0.1, 0.15) is 5.01 Å². The number of nitrogens with zero attached hydrogens (tertiary/aromatic N) is 4. The van der Waals surface area contributed by atoms with Crippen LogP contribution in [0.5, 0.6) is 0 Å². The Hall–Kier alpha value is -2.06. The van der Waals surface area contributed by atoms with Gasteiger partial charge in [0.2, 0.25) is 11.0 Å². The molecule has 3 heterocycles. The van der Waals surface area contributed by atoms with Gasteiger partial charge in [-0.3, -0.25) is 9.36 Å². The molecule has 0 unspecified atom stereocenters. The van der Waals surface area contributed by atoms with Gasteiger partial charge in [0.05, 0.1) is 12.1 Å². The summed E-state index contributed by atoms with van der Waals surface area (Å²) in [5, 5.41) is 14.6. The molecule has 6 nitrogen and oxygen atoms in total. The molecule has 3 rings (SSSR count). The lowest BCUT2D eigenvalue weighted by Crippen LogP contribution is -2.14. The molecule has 8 heteroatoms. The highest BCUT2D eigenvalue weighted by Crippen LogP contribution is 2.21. The first-order chi connectivity index (χ1) is 10.5. The molecule has 0 spiro atoms. The van der Waals surface area contributed by atoms with Crippen LogP contribution >= 0.6 is 22.7 Å². The number of hydrogen-bond donors (Lipinski definition) is 1. The number of thiazole rings is 1. The summed E-state index contributed by atoms with van der Waals surface area (Å²) in [5.74, 6) is -0.131. The summed E-state index contributed by atoms with van der Waals surface area (Å²) in [5.41, 5.74) is 3.02. The maximum absolute atomic E-state index is 12.0. The number of carbonyl (C=O) groups is 1. The first-order valence-corrected chi connectivity index (χ1v) is 8.42. The first-order valence-electron chi connectivity index (χ1n) is 6.72. The monoisotopic (exact) mass is 333 g/mol. The summed E-state index contributed by atoms with van der Waals surface area (Å²) in [4.78, 5) is 16.6. The third-order valence-electron chi connectivity index (χ3n) is 3.12. The molecular weight excluding hydrogens is 318 g/mol. The molecule has 114 valence electrons. The van der Waals surface area contributed by atoms with E-state index in [1.807, 2.05) is 26.2 Å². The van der Waals surface area contributed by atoms with Crippen LogP contribution in [0.15, 0.2) is 17.5 Å². The Kier molecular flexibility index (Phi) is 4.04. The zero-order valence-electron chi connectivity index (χ0n) is 12.5. The van der Waals surface area contributed by atoms with Crippen molar-refractivity contribution in [1.29, 1.82) is 0 Å². The van der Waals surface area contributed by atoms with E-state index in [1.165, 1.54) is 22.7 Å². The van der Waals surface area contributed by atoms with Crippen LogP contribution in [0.25, 0.3) is 5.13 Å². The van der Waals surface area contributed by atoms with Crippen LogP contribution in [0, 0.1) is 20.8 Å². The van der Waals surface area contributed by atoms with Crippen molar-refractivity contribution in [2.75, 3.05) is 5.32 Å². The lowest BCUT2D eigenvalue weighted by Gasteiger charge is -2.04. The number of rotatable bonds is 4. The number of hydrogen-bond acceptors (Lipinski definition) is 6. The molecule has 0 aliphatic heterocycles. The fraction of sp³-hybridized carbons (Fsp3) is 0.286. The molecule has 22 heavy (non-hydrogen) atoms. The summed E-state index contributed by atoms with van der Waals surface area (Å²) in [6.07, 6.45) is 0.231. The van der Waals surface area contributed by atoms with E-state index in [1.54, 1.807) is 0 Å². The average Bonchev–Trinajstić information content (AvgIpc) is 3.13. The third-order valence-corrected chi connectivity index (χ3v) is 4.74. The van der Waals surface area contributed by atoms with Crippen LogP contribution in [0.1, 0.15) is 22.1 Å². The lowest BCUT2D eigenvalue weighted by molar-refractivity contribution is -0.115. The molecule has 1 N–H and O–H groups in total. The largest absolute Gasteiger partial charge is 0.300 e. The number of aromatic nitrogens is 4. The molecule has 0 saturated heterocycles. The second-order valence-electron chi connectivity index (χ2n) is 4.92. The van der Waals surface area contributed by atoms with E-state index in [2.05, 4.69) is 37.2 Å². The van der Waals surface area contributed by atoms with Crippen LogP contribution in [-0.4, -0.2) is 25.7 Å². The second kappa shape index (κ2) is 5.98. The molecule has 0 aliphatic carbocycles. The van der Waals surface area contributed by atoms with E-state index in [-0.39, 0.29) is 12.3 Å². The van der Waals surface area contributed by atoms with E-state index in [0.717, 1.165) is 27.2 Å². The topological polar surface area (TPSA) is 72.7 Å². The van der Waals surface area contributed by atoms with E-state index >= 15 is 0 Å². The molecule has 1 amide bonds. The first kappa shape index (κ1) is 14.9. The summed E-state index contributed by atoms with van der Waals surface area (Å²) in [7, 11) is 0. The molecule has 0 bridgehead atoms. The molecule has 0 fully saturated rings. The van der Waals surface area contributed by atoms with Crippen LogP contribution in [0.4, 0.5) is 5.13 Å². The van der Waals surface area contributed by atoms with Crippen molar-refractivity contribution >= 4 is 33.7 Å². The maximum Gasteiger partial charge on any atom is 0.232 e. The van der Waals surface area contributed by atoms with Gasteiger partial charge >= 0.3 is 0 Å². The Balaban J connectivity index is 1.70. The van der Waals surface area contributed by atoms with Gasteiger partial charge < -0.3 is 5.32 Å². The highest BCUT2D eigenvalue weighted by molar-refractivity contribution is 7.15. The van der Waals surface area contributed by atoms with Gasteiger partial charge in [0.15, 0.2) is 5.13 Å². The fourth-order valence-electron chi connectivity index (χ4n) is 2.13. The molecule has 3 aromatic heterocycles. The van der Waals surface area contributed by atoms with Crippen molar-refractivity contribution in [3.63, 3.8) is 0 Å². The predicted octanol–water partition coefficient (Wildman–Crippen LogP) is 2.89. The molecule has 0 radical (unpaired) electrons. The van der Waals surface area contributed by atoms with Gasteiger partial charge in [-0.05, 0) is 32.9 Å². The minimum absolute atomic E-state index is 0.131. The van der Waals surface area contributed by atoms with E-state index in [9.17, 15) is 4.79 Å². The van der Waals surface area contributed by atoms with Crippen LogP contribution in [0.2, 0.25) is 0 Å². The van der Waals surface area contributed by atoms with Gasteiger partial charge in [-0.25, -0.2) is 4.98 Å². The highest BCUT2D eigenvalue weighted by Gasteiger charge is 2.12. The normalized spacial score (nSPS) is 10.9. The van der Waals surface area contributed by atoms with E-state index < -0.39 is 0 Å². The number of carbonyl (C=O) groups excluding carboxylic acids is 1. The molecule has 0 aliphatic rings. The number of amides is 1. The van der Waals surface area contributed by atoms with E-state index in [4.69, 9.17) is 0 Å².